The fraction of sp³-hybridized carbons (Fsp3) is 0.467. The number of hydrogen-bond acceptors (Lipinski definition) is 5. The van der Waals surface area contributed by atoms with E-state index in [-0.39, 0.29) is 18.5 Å². The van der Waals surface area contributed by atoms with E-state index in [4.69, 9.17) is 10.9 Å². The molecule has 1 aromatic carbocycles. The van der Waals surface area contributed by atoms with Crippen molar-refractivity contribution in [1.82, 2.24) is 15.7 Å². The molecule has 1 rings (SSSR count). The molecule has 0 fully saturated rings. The lowest BCUT2D eigenvalue weighted by Crippen LogP contribution is -2.46. The summed E-state index contributed by atoms with van der Waals surface area (Å²) in [4.78, 5) is 24.9. The Morgan fingerprint density at radius 2 is 2.00 bits per heavy atom. The highest BCUT2D eigenvalue weighted by Crippen LogP contribution is 2.02. The monoisotopic (exact) mass is 308 g/mol. The van der Waals surface area contributed by atoms with Gasteiger partial charge in [0, 0.05) is 25.1 Å². The molecule has 1 atom stereocenters. The Morgan fingerprint density at radius 1 is 1.32 bits per heavy atom. The Morgan fingerprint density at radius 3 is 2.59 bits per heavy atom. The van der Waals surface area contributed by atoms with Crippen molar-refractivity contribution in [2.24, 2.45) is 5.73 Å². The summed E-state index contributed by atoms with van der Waals surface area (Å²) < 4.78 is 0. The molecular formula is C15H24N4O3. The SMILES string of the molecule is CCN(CCNC(=O)c1ccccc1)C(N)CCC(=O)NO. The number of rotatable bonds is 9. The van der Waals surface area contributed by atoms with E-state index in [1.165, 1.54) is 0 Å². The summed E-state index contributed by atoms with van der Waals surface area (Å²) in [6, 6.07) is 9.00. The van der Waals surface area contributed by atoms with Gasteiger partial charge >= 0.3 is 0 Å². The quantitative estimate of drug-likeness (QED) is 0.298. The number of hydrogen-bond donors (Lipinski definition) is 4. The third kappa shape index (κ3) is 6.21. The van der Waals surface area contributed by atoms with E-state index < -0.39 is 5.91 Å². The van der Waals surface area contributed by atoms with E-state index in [1.807, 2.05) is 30.0 Å². The number of nitrogens with one attached hydrogen (secondary N) is 2. The Labute approximate surface area is 130 Å². The van der Waals surface area contributed by atoms with Crippen molar-refractivity contribution in [3.05, 3.63) is 35.9 Å². The summed E-state index contributed by atoms with van der Waals surface area (Å²) in [6.07, 6.45) is 0.299. The van der Waals surface area contributed by atoms with Gasteiger partial charge in [0.05, 0.1) is 6.17 Å². The van der Waals surface area contributed by atoms with E-state index in [1.54, 1.807) is 17.6 Å². The van der Waals surface area contributed by atoms with Crippen LogP contribution in [0.5, 0.6) is 0 Å². The zero-order chi connectivity index (χ0) is 16.4. The molecule has 7 heteroatoms. The third-order valence-corrected chi connectivity index (χ3v) is 3.39. The normalized spacial score (nSPS) is 12.0. The number of benzene rings is 1. The first-order valence-corrected chi connectivity index (χ1v) is 7.34. The number of carbonyl (C=O) groups is 2. The van der Waals surface area contributed by atoms with Crippen LogP contribution in [0.15, 0.2) is 30.3 Å². The van der Waals surface area contributed by atoms with Crippen LogP contribution in [0, 0.1) is 0 Å². The van der Waals surface area contributed by atoms with E-state index in [9.17, 15) is 9.59 Å². The number of nitrogens with zero attached hydrogens (tertiary/aromatic N) is 1. The largest absolute Gasteiger partial charge is 0.351 e. The first-order chi connectivity index (χ1) is 10.6. The van der Waals surface area contributed by atoms with Crippen molar-refractivity contribution in [3.8, 4) is 0 Å². The van der Waals surface area contributed by atoms with Crippen LogP contribution in [0.25, 0.3) is 0 Å². The molecule has 0 saturated carbocycles. The van der Waals surface area contributed by atoms with Gasteiger partial charge in [-0.2, -0.15) is 0 Å². The van der Waals surface area contributed by atoms with E-state index >= 15 is 0 Å². The summed E-state index contributed by atoms with van der Waals surface area (Å²) in [5.74, 6) is -0.575. The second kappa shape index (κ2) is 9.88. The molecule has 22 heavy (non-hydrogen) atoms. The average Bonchev–Trinajstić information content (AvgIpc) is 2.56. The van der Waals surface area contributed by atoms with E-state index in [2.05, 4.69) is 5.32 Å². The van der Waals surface area contributed by atoms with Crippen molar-refractivity contribution in [2.45, 2.75) is 25.9 Å². The molecule has 0 aliphatic heterocycles. The summed E-state index contributed by atoms with van der Waals surface area (Å²) in [5, 5.41) is 11.3. The Bertz CT molecular complexity index is 467. The van der Waals surface area contributed by atoms with Gasteiger partial charge in [-0.1, -0.05) is 25.1 Å². The molecule has 0 spiro atoms. The first kappa shape index (κ1) is 18.1. The highest BCUT2D eigenvalue weighted by Gasteiger charge is 2.14. The molecule has 0 saturated heterocycles. The van der Waals surface area contributed by atoms with Crippen LogP contribution >= 0.6 is 0 Å². The van der Waals surface area contributed by atoms with Gasteiger partial charge in [-0.05, 0) is 25.1 Å². The molecule has 0 heterocycles. The number of likely N-dealkylation sites (N-methyl/N-ethyl adjacent to an activating group) is 1. The van der Waals surface area contributed by atoms with Crippen LogP contribution < -0.4 is 16.5 Å². The number of nitrogens with two attached hydrogens (primary N) is 1. The Balaban J connectivity index is 2.34. The lowest BCUT2D eigenvalue weighted by molar-refractivity contribution is -0.129. The fourth-order valence-electron chi connectivity index (χ4n) is 2.08. The maximum Gasteiger partial charge on any atom is 0.251 e. The van der Waals surface area contributed by atoms with Gasteiger partial charge < -0.3 is 11.1 Å². The number of carbonyl (C=O) groups excluding carboxylic acids is 2. The third-order valence-electron chi connectivity index (χ3n) is 3.39. The average molecular weight is 308 g/mol. The van der Waals surface area contributed by atoms with Crippen molar-refractivity contribution < 1.29 is 14.8 Å². The lowest BCUT2D eigenvalue weighted by atomic mass is 10.2. The molecule has 0 aliphatic carbocycles. The zero-order valence-corrected chi connectivity index (χ0v) is 12.8. The zero-order valence-electron chi connectivity index (χ0n) is 12.8. The van der Waals surface area contributed by atoms with Crippen LogP contribution in [0.3, 0.4) is 0 Å². The summed E-state index contributed by atoms with van der Waals surface area (Å²) >= 11 is 0. The molecule has 0 aliphatic rings. The smallest absolute Gasteiger partial charge is 0.251 e. The molecule has 2 amide bonds. The van der Waals surface area contributed by atoms with E-state index in [0.29, 0.717) is 31.6 Å². The Hall–Kier alpha value is -1.96. The minimum Gasteiger partial charge on any atom is -0.351 e. The molecule has 1 aromatic rings. The summed E-state index contributed by atoms with van der Waals surface area (Å²) in [5.41, 5.74) is 8.21. The molecule has 5 N–H and O–H groups in total. The molecule has 7 nitrogen and oxygen atoms in total. The highest BCUT2D eigenvalue weighted by molar-refractivity contribution is 5.94. The Kier molecular flexibility index (Phi) is 8.13. The van der Waals surface area contributed by atoms with Crippen LogP contribution in [0.4, 0.5) is 0 Å². The molecule has 0 radical (unpaired) electrons. The number of hydroxylamine groups is 1. The molecule has 0 aromatic heterocycles. The van der Waals surface area contributed by atoms with Crippen molar-refractivity contribution in [1.29, 1.82) is 0 Å². The fourth-order valence-corrected chi connectivity index (χ4v) is 2.08. The molecule has 0 bridgehead atoms. The van der Waals surface area contributed by atoms with Crippen LogP contribution in [-0.4, -0.2) is 47.7 Å². The minimum atomic E-state index is -0.455. The molecule has 122 valence electrons. The topological polar surface area (TPSA) is 108 Å². The van der Waals surface area contributed by atoms with Gasteiger partial charge in [-0.15, -0.1) is 0 Å². The molecule has 1 unspecified atom stereocenters. The second-order valence-corrected chi connectivity index (χ2v) is 4.89. The van der Waals surface area contributed by atoms with Crippen LogP contribution in [-0.2, 0) is 4.79 Å². The predicted molar refractivity (Wildman–Crippen MR) is 83.2 cm³/mol. The number of amides is 2. The van der Waals surface area contributed by atoms with Gasteiger partial charge in [0.1, 0.15) is 0 Å². The standard InChI is InChI=1S/C15H24N4O3/c1-2-19(13(16)8-9-14(20)18-22)11-10-17-15(21)12-6-4-3-5-7-12/h3-7,13,22H,2,8-11,16H2,1H3,(H,17,21)(H,18,20). The predicted octanol–water partition coefficient (Wildman–Crippen LogP) is 0.309. The van der Waals surface area contributed by atoms with Gasteiger partial charge in [-0.25, -0.2) is 5.48 Å². The highest BCUT2D eigenvalue weighted by atomic mass is 16.5. The van der Waals surface area contributed by atoms with Gasteiger partial charge in [0.2, 0.25) is 5.91 Å². The van der Waals surface area contributed by atoms with Gasteiger partial charge in [0.25, 0.3) is 5.91 Å². The maximum atomic E-state index is 11.9. The van der Waals surface area contributed by atoms with E-state index in [0.717, 1.165) is 0 Å². The minimum absolute atomic E-state index is 0.120. The maximum absolute atomic E-state index is 11.9. The first-order valence-electron chi connectivity index (χ1n) is 7.34. The molecular weight excluding hydrogens is 284 g/mol. The van der Waals surface area contributed by atoms with Crippen molar-refractivity contribution in [3.63, 3.8) is 0 Å². The van der Waals surface area contributed by atoms with Crippen LogP contribution in [0.2, 0.25) is 0 Å². The van der Waals surface area contributed by atoms with Crippen molar-refractivity contribution in [2.75, 3.05) is 19.6 Å². The summed E-state index contributed by atoms with van der Waals surface area (Å²) in [7, 11) is 0. The van der Waals surface area contributed by atoms with Gasteiger partial charge in [-0.3, -0.25) is 19.7 Å². The van der Waals surface area contributed by atoms with Gasteiger partial charge in [0.15, 0.2) is 0 Å². The van der Waals surface area contributed by atoms with Crippen molar-refractivity contribution >= 4 is 11.8 Å². The lowest BCUT2D eigenvalue weighted by Gasteiger charge is -2.27. The second-order valence-electron chi connectivity index (χ2n) is 4.89. The summed E-state index contributed by atoms with van der Waals surface area (Å²) in [6.45, 7) is 3.74. The van der Waals surface area contributed by atoms with Crippen LogP contribution in [0.1, 0.15) is 30.1 Å².